The molecule has 0 aliphatic carbocycles. The number of carbonyl (C=O) groups is 1. The SMILES string of the molecule is Cc1ccc(Cl)c2sc(NC(=O)c3ccccc3NS(=O)(=O)c3ccc(F)cc3)nc12. The molecule has 4 aromatic rings. The maximum atomic E-state index is 13.1. The molecule has 1 amide bonds. The first-order chi connectivity index (χ1) is 14.7. The van der Waals surface area contributed by atoms with E-state index in [0.29, 0.717) is 15.7 Å². The van der Waals surface area contributed by atoms with E-state index in [1.807, 2.05) is 13.0 Å². The van der Waals surface area contributed by atoms with Gasteiger partial charge in [0.25, 0.3) is 15.9 Å². The van der Waals surface area contributed by atoms with E-state index in [2.05, 4.69) is 15.0 Å². The largest absolute Gasteiger partial charge is 0.298 e. The minimum atomic E-state index is -4.02. The third-order valence-corrected chi connectivity index (χ3v) is 7.27. The van der Waals surface area contributed by atoms with Gasteiger partial charge in [0.2, 0.25) is 0 Å². The number of fused-ring (bicyclic) bond motifs is 1. The Balaban J connectivity index is 1.62. The third-order valence-electron chi connectivity index (χ3n) is 4.46. The summed E-state index contributed by atoms with van der Waals surface area (Å²) in [6.45, 7) is 1.89. The molecule has 0 bridgehead atoms. The number of hydrogen-bond acceptors (Lipinski definition) is 5. The van der Waals surface area contributed by atoms with Gasteiger partial charge in [0.15, 0.2) is 5.13 Å². The second-order valence-electron chi connectivity index (χ2n) is 6.62. The highest BCUT2D eigenvalue weighted by Gasteiger charge is 2.20. The summed E-state index contributed by atoms with van der Waals surface area (Å²) in [7, 11) is -4.02. The second-order valence-corrected chi connectivity index (χ2v) is 9.71. The number of amides is 1. The Kier molecular flexibility index (Phi) is 5.65. The number of halogens is 2. The van der Waals surface area contributed by atoms with Gasteiger partial charge in [0, 0.05) is 0 Å². The van der Waals surface area contributed by atoms with E-state index in [4.69, 9.17) is 11.6 Å². The van der Waals surface area contributed by atoms with Crippen molar-refractivity contribution in [3.63, 3.8) is 0 Å². The van der Waals surface area contributed by atoms with Crippen molar-refractivity contribution in [2.24, 2.45) is 0 Å². The lowest BCUT2D eigenvalue weighted by Crippen LogP contribution is -2.18. The molecule has 0 atom stereocenters. The summed E-state index contributed by atoms with van der Waals surface area (Å²) < 4.78 is 41.6. The maximum Gasteiger partial charge on any atom is 0.261 e. The van der Waals surface area contributed by atoms with Crippen LogP contribution in [0.1, 0.15) is 15.9 Å². The van der Waals surface area contributed by atoms with E-state index >= 15 is 0 Å². The molecule has 0 radical (unpaired) electrons. The van der Waals surface area contributed by atoms with Crippen LogP contribution in [-0.4, -0.2) is 19.3 Å². The summed E-state index contributed by atoms with van der Waals surface area (Å²) in [6.07, 6.45) is 0. The molecule has 0 aliphatic rings. The number of para-hydroxylation sites is 1. The average molecular weight is 476 g/mol. The highest BCUT2D eigenvalue weighted by Crippen LogP contribution is 2.34. The summed E-state index contributed by atoms with van der Waals surface area (Å²) in [5.74, 6) is -1.09. The van der Waals surface area contributed by atoms with E-state index in [0.717, 1.165) is 34.5 Å². The van der Waals surface area contributed by atoms with Gasteiger partial charge in [-0.15, -0.1) is 0 Å². The Morgan fingerprint density at radius 2 is 1.77 bits per heavy atom. The van der Waals surface area contributed by atoms with Crippen molar-refractivity contribution in [3.8, 4) is 0 Å². The quantitative estimate of drug-likeness (QED) is 0.401. The summed E-state index contributed by atoms with van der Waals surface area (Å²) in [6, 6.07) is 14.2. The van der Waals surface area contributed by atoms with Crippen LogP contribution in [0.4, 0.5) is 15.2 Å². The first kappa shape index (κ1) is 21.2. The minimum Gasteiger partial charge on any atom is -0.298 e. The molecule has 3 aromatic carbocycles. The number of carbonyl (C=O) groups excluding carboxylic acids is 1. The zero-order valence-electron chi connectivity index (χ0n) is 16.0. The van der Waals surface area contributed by atoms with E-state index in [-0.39, 0.29) is 16.1 Å². The molecule has 4 rings (SSSR count). The molecule has 1 aromatic heterocycles. The number of anilines is 2. The van der Waals surface area contributed by atoms with Gasteiger partial charge in [0.05, 0.1) is 31.4 Å². The summed E-state index contributed by atoms with van der Waals surface area (Å²) >= 11 is 7.45. The Morgan fingerprint density at radius 3 is 2.48 bits per heavy atom. The van der Waals surface area contributed by atoms with E-state index in [1.54, 1.807) is 18.2 Å². The van der Waals surface area contributed by atoms with Crippen molar-refractivity contribution in [1.82, 2.24) is 4.98 Å². The number of hydrogen-bond donors (Lipinski definition) is 2. The van der Waals surface area contributed by atoms with Crippen molar-refractivity contribution in [3.05, 3.63) is 82.6 Å². The van der Waals surface area contributed by atoms with Crippen LogP contribution in [0.2, 0.25) is 5.02 Å². The Hall–Kier alpha value is -3.01. The van der Waals surface area contributed by atoms with E-state index in [9.17, 15) is 17.6 Å². The van der Waals surface area contributed by atoms with Crippen LogP contribution in [0.3, 0.4) is 0 Å². The molecule has 0 saturated carbocycles. The van der Waals surface area contributed by atoms with Crippen LogP contribution < -0.4 is 10.0 Å². The molecule has 0 saturated heterocycles. The number of sulfonamides is 1. The van der Waals surface area contributed by atoms with Crippen LogP contribution in [-0.2, 0) is 10.0 Å². The molecule has 158 valence electrons. The predicted molar refractivity (Wildman–Crippen MR) is 121 cm³/mol. The first-order valence-corrected chi connectivity index (χ1v) is 11.7. The fourth-order valence-corrected chi connectivity index (χ4v) is 5.20. The van der Waals surface area contributed by atoms with Crippen LogP contribution >= 0.6 is 22.9 Å². The number of thiazole rings is 1. The molecule has 1 heterocycles. The highest BCUT2D eigenvalue weighted by molar-refractivity contribution is 7.92. The molecular weight excluding hydrogens is 461 g/mol. The standard InChI is InChI=1S/C21H15ClFN3O3S2/c1-12-6-11-16(22)19-18(12)24-21(30-19)25-20(27)15-4-2-3-5-17(15)26-31(28,29)14-9-7-13(23)8-10-14/h2-11,26H,1H3,(H,24,25,27). The maximum absolute atomic E-state index is 13.1. The highest BCUT2D eigenvalue weighted by atomic mass is 35.5. The molecule has 0 aliphatic heterocycles. The first-order valence-electron chi connectivity index (χ1n) is 8.99. The van der Waals surface area contributed by atoms with Crippen molar-refractivity contribution in [2.75, 3.05) is 10.0 Å². The Bertz CT molecular complexity index is 1360. The molecule has 31 heavy (non-hydrogen) atoms. The summed E-state index contributed by atoms with van der Waals surface area (Å²) in [4.78, 5) is 17.2. The normalized spacial score (nSPS) is 11.5. The fourth-order valence-electron chi connectivity index (χ4n) is 2.91. The van der Waals surface area contributed by atoms with Crippen LogP contribution in [0.5, 0.6) is 0 Å². The smallest absolute Gasteiger partial charge is 0.261 e. The van der Waals surface area contributed by atoms with Gasteiger partial charge in [-0.2, -0.15) is 0 Å². The van der Waals surface area contributed by atoms with Crippen molar-refractivity contribution in [1.29, 1.82) is 0 Å². The van der Waals surface area contributed by atoms with Crippen LogP contribution in [0.15, 0.2) is 65.6 Å². The number of aromatic nitrogens is 1. The van der Waals surface area contributed by atoms with E-state index in [1.165, 1.54) is 23.5 Å². The Morgan fingerprint density at radius 1 is 1.06 bits per heavy atom. The van der Waals surface area contributed by atoms with Gasteiger partial charge in [-0.25, -0.2) is 17.8 Å². The summed E-state index contributed by atoms with van der Waals surface area (Å²) in [5, 5.41) is 3.57. The topological polar surface area (TPSA) is 88.2 Å². The van der Waals surface area contributed by atoms with Crippen LogP contribution in [0.25, 0.3) is 10.2 Å². The van der Waals surface area contributed by atoms with Crippen LogP contribution in [0, 0.1) is 12.7 Å². The predicted octanol–water partition coefficient (Wildman–Crippen LogP) is 5.45. The number of aryl methyl sites for hydroxylation is 1. The fraction of sp³-hybridized carbons (Fsp3) is 0.0476. The lowest BCUT2D eigenvalue weighted by atomic mass is 10.2. The van der Waals surface area contributed by atoms with Crippen molar-refractivity contribution < 1.29 is 17.6 Å². The molecule has 0 fully saturated rings. The number of benzene rings is 3. The van der Waals surface area contributed by atoms with E-state index < -0.39 is 21.7 Å². The van der Waals surface area contributed by atoms with Crippen molar-refractivity contribution >= 4 is 59.9 Å². The molecule has 0 spiro atoms. The average Bonchev–Trinajstić information content (AvgIpc) is 3.16. The molecule has 0 unspecified atom stereocenters. The molecular formula is C21H15ClFN3O3S2. The zero-order chi connectivity index (χ0) is 22.2. The van der Waals surface area contributed by atoms with Gasteiger partial charge >= 0.3 is 0 Å². The second kappa shape index (κ2) is 8.26. The molecule has 6 nitrogen and oxygen atoms in total. The van der Waals surface area contributed by atoms with Gasteiger partial charge in [-0.1, -0.05) is 41.1 Å². The number of nitrogens with one attached hydrogen (secondary N) is 2. The summed E-state index contributed by atoms with van der Waals surface area (Å²) in [5.41, 5.74) is 1.80. The monoisotopic (exact) mass is 475 g/mol. The molecule has 2 N–H and O–H groups in total. The van der Waals surface area contributed by atoms with Gasteiger partial charge < -0.3 is 0 Å². The number of nitrogens with zero attached hydrogens (tertiary/aromatic N) is 1. The Labute approximate surface area is 186 Å². The van der Waals surface area contributed by atoms with Gasteiger partial charge in [-0.3, -0.25) is 14.8 Å². The lowest BCUT2D eigenvalue weighted by molar-refractivity contribution is 0.102. The minimum absolute atomic E-state index is 0.0830. The lowest BCUT2D eigenvalue weighted by Gasteiger charge is -2.12. The van der Waals surface area contributed by atoms with Crippen molar-refractivity contribution in [2.45, 2.75) is 11.8 Å². The zero-order valence-corrected chi connectivity index (χ0v) is 18.4. The third kappa shape index (κ3) is 4.39. The van der Waals surface area contributed by atoms with Gasteiger partial charge in [-0.05, 0) is 55.0 Å². The number of rotatable bonds is 5. The van der Waals surface area contributed by atoms with Gasteiger partial charge in [0.1, 0.15) is 5.82 Å². The molecule has 10 heteroatoms.